The maximum Gasteiger partial charge on any atom is 0.326 e. The topological polar surface area (TPSA) is 75.6 Å². The van der Waals surface area contributed by atoms with Crippen molar-refractivity contribution in [1.82, 2.24) is 5.32 Å². The maximum atomic E-state index is 12.5. The van der Waals surface area contributed by atoms with Crippen LogP contribution in [0.4, 0.5) is 0 Å². The molecule has 6 heteroatoms. The number of nitrogens with one attached hydrogen (secondary N) is 1. The van der Waals surface area contributed by atoms with Gasteiger partial charge >= 0.3 is 5.97 Å². The zero-order valence-electron chi connectivity index (χ0n) is 13.7. The van der Waals surface area contributed by atoms with Crippen LogP contribution in [-0.2, 0) is 4.79 Å². The quantitative estimate of drug-likeness (QED) is 0.848. The molecule has 0 unspecified atom stereocenters. The van der Waals surface area contributed by atoms with E-state index in [2.05, 4.69) is 5.32 Å². The number of carbonyl (C=O) groups excluding carboxylic acids is 1. The number of aliphatic carboxylic acids is 1. The van der Waals surface area contributed by atoms with Gasteiger partial charge in [-0.05, 0) is 42.0 Å². The summed E-state index contributed by atoms with van der Waals surface area (Å²) in [4.78, 5) is 24.5. The second kappa shape index (κ2) is 7.00. The van der Waals surface area contributed by atoms with Crippen molar-refractivity contribution in [2.24, 2.45) is 5.92 Å². The van der Waals surface area contributed by atoms with Crippen molar-refractivity contribution in [3.8, 4) is 5.75 Å². The van der Waals surface area contributed by atoms with Crippen LogP contribution >= 0.6 is 11.3 Å². The van der Waals surface area contributed by atoms with Gasteiger partial charge in [0.1, 0.15) is 11.8 Å². The zero-order chi connectivity index (χ0) is 17.1. The summed E-state index contributed by atoms with van der Waals surface area (Å²) in [5.74, 6) is -0.747. The maximum absolute atomic E-state index is 12.5. The summed E-state index contributed by atoms with van der Waals surface area (Å²) in [6, 6.07) is 4.76. The Balaban J connectivity index is 2.34. The summed E-state index contributed by atoms with van der Waals surface area (Å²) in [5.41, 5.74) is 0.842. The summed E-state index contributed by atoms with van der Waals surface area (Å²) in [6.07, 6.45) is 0.680. The van der Waals surface area contributed by atoms with E-state index < -0.39 is 12.0 Å². The molecule has 0 saturated carbocycles. The molecule has 23 heavy (non-hydrogen) atoms. The number of rotatable bonds is 6. The number of hydrogen-bond donors (Lipinski definition) is 2. The molecular weight excluding hydrogens is 314 g/mol. The molecule has 1 aromatic heterocycles. The number of aryl methyl sites for hydroxylation is 1. The van der Waals surface area contributed by atoms with Gasteiger partial charge in [-0.1, -0.05) is 20.3 Å². The van der Waals surface area contributed by atoms with Crippen LogP contribution in [0.15, 0.2) is 18.2 Å². The van der Waals surface area contributed by atoms with Crippen LogP contribution in [0.25, 0.3) is 10.1 Å². The highest BCUT2D eigenvalue weighted by Gasteiger charge is 2.27. The Kier molecular flexibility index (Phi) is 5.26. The van der Waals surface area contributed by atoms with E-state index in [1.807, 2.05) is 39.0 Å². The third-order valence-electron chi connectivity index (χ3n) is 4.12. The summed E-state index contributed by atoms with van der Waals surface area (Å²) in [6.45, 7) is 5.59. The molecule has 2 rings (SSSR count). The number of carboxylic acids is 1. The molecule has 0 aliphatic heterocycles. The molecule has 2 N–H and O–H groups in total. The largest absolute Gasteiger partial charge is 0.497 e. The second-order valence-corrected chi connectivity index (χ2v) is 6.65. The van der Waals surface area contributed by atoms with Crippen molar-refractivity contribution in [2.45, 2.75) is 33.2 Å². The standard InChI is InChI=1S/C17H21NO4S/c1-5-9(2)14(17(20)21)18-16(19)15-10(3)12-8-11(22-4)6-7-13(12)23-15/h6-9,14H,5H2,1-4H3,(H,18,19)(H,20,21)/t9-,14-/m0/s1. The van der Waals surface area contributed by atoms with Gasteiger partial charge in [0.2, 0.25) is 0 Å². The molecule has 1 aromatic carbocycles. The van der Waals surface area contributed by atoms with Crippen LogP contribution in [-0.4, -0.2) is 30.1 Å². The summed E-state index contributed by atoms with van der Waals surface area (Å²) < 4.78 is 6.19. The van der Waals surface area contributed by atoms with Gasteiger partial charge < -0.3 is 15.2 Å². The molecule has 5 nitrogen and oxygen atoms in total. The Morgan fingerprint density at radius 3 is 2.65 bits per heavy atom. The Bertz CT molecular complexity index is 738. The first kappa shape index (κ1) is 17.3. The van der Waals surface area contributed by atoms with Crippen molar-refractivity contribution in [1.29, 1.82) is 0 Å². The van der Waals surface area contributed by atoms with E-state index in [1.54, 1.807) is 7.11 Å². The molecule has 1 amide bonds. The number of ether oxygens (including phenoxy) is 1. The van der Waals surface area contributed by atoms with Gasteiger partial charge in [-0.15, -0.1) is 11.3 Å². The van der Waals surface area contributed by atoms with Gasteiger partial charge in [-0.2, -0.15) is 0 Å². The van der Waals surface area contributed by atoms with Crippen LogP contribution in [0.1, 0.15) is 35.5 Å². The van der Waals surface area contributed by atoms with Crippen LogP contribution < -0.4 is 10.1 Å². The molecule has 0 bridgehead atoms. The minimum Gasteiger partial charge on any atom is -0.497 e. The van der Waals surface area contributed by atoms with E-state index >= 15 is 0 Å². The van der Waals surface area contributed by atoms with Crippen LogP contribution in [0, 0.1) is 12.8 Å². The van der Waals surface area contributed by atoms with Crippen LogP contribution in [0.3, 0.4) is 0 Å². The molecule has 2 aromatic rings. The van der Waals surface area contributed by atoms with E-state index in [4.69, 9.17) is 4.74 Å². The van der Waals surface area contributed by atoms with Crippen molar-refractivity contribution < 1.29 is 19.4 Å². The number of methoxy groups -OCH3 is 1. The monoisotopic (exact) mass is 335 g/mol. The number of hydrogen-bond acceptors (Lipinski definition) is 4. The van der Waals surface area contributed by atoms with E-state index in [-0.39, 0.29) is 11.8 Å². The fourth-order valence-corrected chi connectivity index (χ4v) is 3.53. The number of amides is 1. The van der Waals surface area contributed by atoms with Crippen molar-refractivity contribution >= 4 is 33.3 Å². The van der Waals surface area contributed by atoms with Gasteiger partial charge in [0, 0.05) is 4.70 Å². The fourth-order valence-electron chi connectivity index (χ4n) is 2.43. The minimum absolute atomic E-state index is 0.133. The van der Waals surface area contributed by atoms with E-state index in [0.717, 1.165) is 21.4 Å². The van der Waals surface area contributed by atoms with Crippen molar-refractivity contribution in [3.05, 3.63) is 28.6 Å². The van der Waals surface area contributed by atoms with Crippen molar-refractivity contribution in [2.75, 3.05) is 7.11 Å². The first-order valence-electron chi connectivity index (χ1n) is 7.49. The number of benzene rings is 1. The Morgan fingerprint density at radius 1 is 1.39 bits per heavy atom. The highest BCUT2D eigenvalue weighted by Crippen LogP contribution is 2.33. The average Bonchev–Trinajstić information content (AvgIpc) is 2.87. The highest BCUT2D eigenvalue weighted by molar-refractivity contribution is 7.21. The minimum atomic E-state index is -1.01. The lowest BCUT2D eigenvalue weighted by molar-refractivity contribution is -0.140. The molecule has 0 saturated heterocycles. The Morgan fingerprint density at radius 2 is 2.09 bits per heavy atom. The van der Waals surface area contributed by atoms with Gasteiger partial charge in [-0.3, -0.25) is 4.79 Å². The second-order valence-electron chi connectivity index (χ2n) is 5.59. The first-order chi connectivity index (χ1) is 10.9. The van der Waals surface area contributed by atoms with Crippen molar-refractivity contribution in [3.63, 3.8) is 0 Å². The molecule has 0 aliphatic rings. The van der Waals surface area contributed by atoms with Crippen LogP contribution in [0.5, 0.6) is 5.75 Å². The zero-order valence-corrected chi connectivity index (χ0v) is 14.5. The number of carbonyl (C=O) groups is 2. The van der Waals surface area contributed by atoms with Gasteiger partial charge in [0.25, 0.3) is 5.91 Å². The van der Waals surface area contributed by atoms with E-state index in [9.17, 15) is 14.7 Å². The highest BCUT2D eigenvalue weighted by atomic mass is 32.1. The lowest BCUT2D eigenvalue weighted by Crippen LogP contribution is -2.44. The molecule has 0 aliphatic carbocycles. The lowest BCUT2D eigenvalue weighted by atomic mass is 9.99. The normalized spacial score (nSPS) is 13.6. The van der Waals surface area contributed by atoms with Gasteiger partial charge in [0.15, 0.2) is 0 Å². The van der Waals surface area contributed by atoms with E-state index in [1.165, 1.54) is 11.3 Å². The molecule has 1 heterocycles. The molecule has 124 valence electrons. The van der Waals surface area contributed by atoms with Gasteiger partial charge in [-0.25, -0.2) is 4.79 Å². The molecule has 0 fully saturated rings. The number of thiophene rings is 1. The molecule has 0 radical (unpaired) electrons. The molecule has 0 spiro atoms. The summed E-state index contributed by atoms with van der Waals surface area (Å²) >= 11 is 1.36. The summed E-state index contributed by atoms with van der Waals surface area (Å²) in [7, 11) is 1.60. The molecule has 2 atom stereocenters. The van der Waals surface area contributed by atoms with Gasteiger partial charge in [0.05, 0.1) is 12.0 Å². The lowest BCUT2D eigenvalue weighted by Gasteiger charge is -2.19. The predicted molar refractivity (Wildman–Crippen MR) is 91.5 cm³/mol. The number of carboxylic acid groups (broad SMARTS) is 1. The smallest absolute Gasteiger partial charge is 0.326 e. The summed E-state index contributed by atoms with van der Waals surface area (Å²) in [5, 5.41) is 12.9. The van der Waals surface area contributed by atoms with E-state index in [0.29, 0.717) is 11.3 Å². The first-order valence-corrected chi connectivity index (χ1v) is 8.31. The SMILES string of the molecule is CC[C@H](C)[C@H](NC(=O)c1sc2ccc(OC)cc2c1C)C(=O)O. The number of fused-ring (bicyclic) bond motifs is 1. The Labute approximate surface area is 139 Å². The predicted octanol–water partition coefficient (Wildman–Crippen LogP) is 3.45. The fraction of sp³-hybridized carbons (Fsp3) is 0.412. The third-order valence-corrected chi connectivity index (χ3v) is 5.39. The molecular formula is C17H21NO4S. The Hall–Kier alpha value is -2.08. The average molecular weight is 335 g/mol. The third kappa shape index (κ3) is 3.47. The van der Waals surface area contributed by atoms with Crippen LogP contribution in [0.2, 0.25) is 0 Å².